The van der Waals surface area contributed by atoms with Crippen molar-refractivity contribution >= 4 is 82.4 Å². The quantitative estimate of drug-likeness (QED) is 0.170. The maximum Gasteiger partial charge on any atom is 0.227 e. The van der Waals surface area contributed by atoms with E-state index in [1.807, 2.05) is 42.5 Å². The Morgan fingerprint density at radius 3 is 1.83 bits per heavy atom. The summed E-state index contributed by atoms with van der Waals surface area (Å²) in [7, 11) is 0. The van der Waals surface area contributed by atoms with Crippen LogP contribution in [0.2, 0.25) is 0 Å². The van der Waals surface area contributed by atoms with Crippen molar-refractivity contribution in [1.82, 2.24) is 4.98 Å². The molecule has 4 heteroatoms. The van der Waals surface area contributed by atoms with E-state index in [-0.39, 0.29) is 0 Å². The van der Waals surface area contributed by atoms with Crippen molar-refractivity contribution in [3.63, 3.8) is 0 Å². The second-order valence-electron chi connectivity index (χ2n) is 13.6. The third-order valence-electron chi connectivity index (χ3n) is 10.5. The summed E-state index contributed by atoms with van der Waals surface area (Å²) in [5.41, 5.74) is 9.85. The molecule has 0 bridgehead atoms. The molecular weight excluding hydrogens is 649 g/mol. The van der Waals surface area contributed by atoms with E-state index in [9.17, 15) is 0 Å². The molecule has 11 aromatic rings. The average molecular weight is 679 g/mol. The topological polar surface area (TPSA) is 42.4 Å². The van der Waals surface area contributed by atoms with Gasteiger partial charge in [-0.2, -0.15) is 0 Å². The van der Waals surface area contributed by atoms with Gasteiger partial charge < -0.3 is 13.7 Å². The van der Waals surface area contributed by atoms with Crippen LogP contribution in [0, 0.1) is 0 Å². The first kappa shape index (κ1) is 29.5. The van der Waals surface area contributed by atoms with Crippen molar-refractivity contribution in [3.8, 4) is 22.6 Å². The van der Waals surface area contributed by atoms with Gasteiger partial charge in [-0.3, -0.25) is 0 Å². The van der Waals surface area contributed by atoms with E-state index in [2.05, 4.69) is 144 Å². The molecule has 248 valence electrons. The number of rotatable bonds is 5. The Kier molecular flexibility index (Phi) is 6.52. The van der Waals surface area contributed by atoms with Gasteiger partial charge in [-0.25, -0.2) is 4.98 Å². The van der Waals surface area contributed by atoms with E-state index in [1.165, 1.54) is 32.7 Å². The molecule has 0 aliphatic carbocycles. The highest BCUT2D eigenvalue weighted by Gasteiger charge is 2.18. The van der Waals surface area contributed by atoms with E-state index in [0.29, 0.717) is 5.89 Å². The molecule has 0 N–H and O–H groups in total. The average Bonchev–Trinajstić information content (AvgIpc) is 3.84. The van der Waals surface area contributed by atoms with Gasteiger partial charge in [0.1, 0.15) is 16.7 Å². The van der Waals surface area contributed by atoms with Crippen molar-refractivity contribution in [3.05, 3.63) is 182 Å². The zero-order valence-electron chi connectivity index (χ0n) is 28.5. The third kappa shape index (κ3) is 4.80. The minimum Gasteiger partial charge on any atom is -0.456 e. The van der Waals surface area contributed by atoms with E-state index < -0.39 is 0 Å². The fourth-order valence-electron chi connectivity index (χ4n) is 7.91. The van der Waals surface area contributed by atoms with Crippen molar-refractivity contribution < 1.29 is 8.83 Å². The van der Waals surface area contributed by atoms with Crippen LogP contribution in [-0.2, 0) is 0 Å². The summed E-state index contributed by atoms with van der Waals surface area (Å²) in [4.78, 5) is 7.18. The van der Waals surface area contributed by atoms with Crippen molar-refractivity contribution in [2.45, 2.75) is 0 Å². The van der Waals surface area contributed by atoms with Gasteiger partial charge in [0.05, 0.1) is 0 Å². The summed E-state index contributed by atoms with van der Waals surface area (Å²) in [5.74, 6) is 0.628. The van der Waals surface area contributed by atoms with Gasteiger partial charge in [0, 0.05) is 44.9 Å². The molecule has 0 aliphatic rings. The zero-order valence-corrected chi connectivity index (χ0v) is 28.5. The van der Waals surface area contributed by atoms with E-state index in [0.717, 1.165) is 66.4 Å². The number of benzene rings is 9. The standard InChI is InChI=1S/C49H30N2O2/c1-3-9-31(10-4-1)32-17-21-36(22-18-32)51(38-24-26-40-39-13-7-8-14-45(39)52-46(40)30-38)37-23-19-33-15-16-34-20-25-42-41(47(34)43(33)29-37)27-28-44-48(42)53-49(50-44)35-11-5-2-6-12-35/h1-30H. The van der Waals surface area contributed by atoms with Crippen LogP contribution in [0.1, 0.15) is 0 Å². The number of anilines is 3. The predicted molar refractivity (Wildman–Crippen MR) is 219 cm³/mol. The fraction of sp³-hybridized carbons (Fsp3) is 0. The highest BCUT2D eigenvalue weighted by atomic mass is 16.3. The molecule has 11 rings (SSSR count). The molecule has 2 heterocycles. The minimum atomic E-state index is 0.628. The summed E-state index contributed by atoms with van der Waals surface area (Å²) in [5, 5.41) is 9.11. The number of furan rings is 1. The van der Waals surface area contributed by atoms with Crippen LogP contribution in [-0.4, -0.2) is 4.98 Å². The summed E-state index contributed by atoms with van der Waals surface area (Å²) in [6, 6.07) is 64.0. The van der Waals surface area contributed by atoms with Gasteiger partial charge in [0.2, 0.25) is 5.89 Å². The molecule has 0 aliphatic heterocycles. The van der Waals surface area contributed by atoms with Crippen molar-refractivity contribution in [2.75, 3.05) is 4.90 Å². The molecule has 4 nitrogen and oxygen atoms in total. The van der Waals surface area contributed by atoms with Gasteiger partial charge in [-0.05, 0) is 105 Å². The predicted octanol–water partition coefficient (Wildman–Crippen LogP) is 14.0. The van der Waals surface area contributed by atoms with Crippen LogP contribution in [0.5, 0.6) is 0 Å². The lowest BCUT2D eigenvalue weighted by molar-refractivity contribution is 0.623. The van der Waals surface area contributed by atoms with Gasteiger partial charge in [0.25, 0.3) is 0 Å². The Morgan fingerprint density at radius 1 is 0.377 bits per heavy atom. The van der Waals surface area contributed by atoms with Crippen LogP contribution in [0.25, 0.3) is 87.9 Å². The summed E-state index contributed by atoms with van der Waals surface area (Å²) in [6.45, 7) is 0. The molecule has 53 heavy (non-hydrogen) atoms. The molecular formula is C49H30N2O2. The lowest BCUT2D eigenvalue weighted by Crippen LogP contribution is -2.09. The Balaban J connectivity index is 1.12. The molecule has 0 saturated carbocycles. The Bertz CT molecular complexity index is 3160. The Morgan fingerprint density at radius 2 is 0.981 bits per heavy atom. The van der Waals surface area contributed by atoms with Crippen LogP contribution in [0.3, 0.4) is 0 Å². The number of fused-ring (bicyclic) bond motifs is 10. The van der Waals surface area contributed by atoms with Crippen LogP contribution < -0.4 is 4.90 Å². The first-order valence-corrected chi connectivity index (χ1v) is 17.9. The van der Waals surface area contributed by atoms with Crippen molar-refractivity contribution in [1.29, 1.82) is 0 Å². The molecule has 0 spiro atoms. The van der Waals surface area contributed by atoms with Crippen LogP contribution >= 0.6 is 0 Å². The second-order valence-corrected chi connectivity index (χ2v) is 13.6. The lowest BCUT2D eigenvalue weighted by atomic mass is 9.95. The Labute approximate surface area is 304 Å². The molecule has 0 saturated heterocycles. The van der Waals surface area contributed by atoms with Crippen LogP contribution in [0.4, 0.5) is 17.1 Å². The third-order valence-corrected chi connectivity index (χ3v) is 10.5. The molecule has 0 unspecified atom stereocenters. The molecule has 2 aromatic heterocycles. The number of aromatic nitrogens is 1. The number of oxazole rings is 1. The number of nitrogens with zero attached hydrogens (tertiary/aromatic N) is 2. The van der Waals surface area contributed by atoms with E-state index in [4.69, 9.17) is 13.8 Å². The maximum atomic E-state index is 6.48. The summed E-state index contributed by atoms with van der Waals surface area (Å²) < 4.78 is 12.9. The smallest absolute Gasteiger partial charge is 0.227 e. The molecule has 9 aromatic carbocycles. The SMILES string of the molecule is c1ccc(-c2ccc(N(c3ccc4c(c3)oc3ccccc34)c3ccc4ccc5ccc6c(ccc7nc(-c8ccccc8)oc76)c5c4c3)cc2)cc1. The normalized spacial score (nSPS) is 11.8. The highest BCUT2D eigenvalue weighted by molar-refractivity contribution is 6.24. The van der Waals surface area contributed by atoms with Crippen molar-refractivity contribution in [2.24, 2.45) is 0 Å². The highest BCUT2D eigenvalue weighted by Crippen LogP contribution is 2.42. The summed E-state index contributed by atoms with van der Waals surface area (Å²) >= 11 is 0. The fourth-order valence-corrected chi connectivity index (χ4v) is 7.91. The number of hydrogen-bond donors (Lipinski definition) is 0. The van der Waals surface area contributed by atoms with E-state index in [1.54, 1.807) is 0 Å². The number of hydrogen-bond acceptors (Lipinski definition) is 4. The second kappa shape index (κ2) is 11.7. The zero-order chi connectivity index (χ0) is 34.9. The summed E-state index contributed by atoms with van der Waals surface area (Å²) in [6.07, 6.45) is 0. The molecule has 0 fully saturated rings. The van der Waals surface area contributed by atoms with Gasteiger partial charge in [0.15, 0.2) is 5.58 Å². The first-order chi connectivity index (χ1) is 26.2. The maximum absolute atomic E-state index is 6.48. The largest absolute Gasteiger partial charge is 0.456 e. The van der Waals surface area contributed by atoms with Crippen LogP contribution in [0.15, 0.2) is 191 Å². The van der Waals surface area contributed by atoms with Gasteiger partial charge in [-0.15, -0.1) is 0 Å². The van der Waals surface area contributed by atoms with Gasteiger partial charge >= 0.3 is 0 Å². The monoisotopic (exact) mass is 678 g/mol. The lowest BCUT2D eigenvalue weighted by Gasteiger charge is -2.26. The Hall–Kier alpha value is -7.17. The minimum absolute atomic E-state index is 0.628. The molecule has 0 radical (unpaired) electrons. The van der Waals surface area contributed by atoms with E-state index >= 15 is 0 Å². The van der Waals surface area contributed by atoms with Gasteiger partial charge in [-0.1, -0.05) is 109 Å². The number of para-hydroxylation sites is 1. The molecule has 0 atom stereocenters. The first-order valence-electron chi connectivity index (χ1n) is 17.9. The molecule has 0 amide bonds.